The summed E-state index contributed by atoms with van der Waals surface area (Å²) in [4.78, 5) is 49.6. The van der Waals surface area contributed by atoms with Gasteiger partial charge in [0, 0.05) is 19.7 Å². The zero-order valence-corrected chi connectivity index (χ0v) is 15.0. The van der Waals surface area contributed by atoms with Crippen molar-refractivity contribution in [3.8, 4) is 0 Å². The predicted octanol–water partition coefficient (Wildman–Crippen LogP) is 0.532. The number of nitrogens with zero attached hydrogens (tertiary/aromatic N) is 2. The summed E-state index contributed by atoms with van der Waals surface area (Å²) < 4.78 is 43.6. The van der Waals surface area contributed by atoms with Gasteiger partial charge in [0.2, 0.25) is 0 Å². The number of anilines is 1. The van der Waals surface area contributed by atoms with Crippen LogP contribution in [-0.2, 0) is 24.4 Å². The van der Waals surface area contributed by atoms with Crippen LogP contribution in [0.2, 0.25) is 0 Å². The number of nitrogens with one attached hydrogen (secondary N) is 2. The van der Waals surface area contributed by atoms with Gasteiger partial charge in [-0.25, -0.2) is 4.79 Å². The maximum Gasteiger partial charge on any atom is 0.425 e. The summed E-state index contributed by atoms with van der Waals surface area (Å²) in [7, 11) is 2.09. The topological polar surface area (TPSA) is 102 Å². The molecule has 2 heterocycles. The van der Waals surface area contributed by atoms with E-state index >= 15 is 0 Å². The van der Waals surface area contributed by atoms with Crippen LogP contribution in [0.4, 0.5) is 19.0 Å². The van der Waals surface area contributed by atoms with Gasteiger partial charge < -0.3 is 10.6 Å². The molecule has 1 aromatic heterocycles. The molecule has 0 saturated heterocycles. The zero-order chi connectivity index (χ0) is 21.0. The van der Waals surface area contributed by atoms with E-state index in [9.17, 15) is 32.3 Å². The number of carbonyl (C=O) groups is 2. The van der Waals surface area contributed by atoms with E-state index in [0.717, 1.165) is 14.1 Å². The third-order valence-electron chi connectivity index (χ3n) is 4.73. The fourth-order valence-electron chi connectivity index (χ4n) is 3.17. The molecule has 1 unspecified atom stereocenters. The van der Waals surface area contributed by atoms with Crippen LogP contribution in [0.1, 0.15) is 21.5 Å². The highest BCUT2D eigenvalue weighted by molar-refractivity contribution is 6.09. The van der Waals surface area contributed by atoms with Gasteiger partial charge in [0.05, 0.1) is 0 Å². The largest absolute Gasteiger partial charge is 0.425 e. The number of hydrogen-bond acceptors (Lipinski definition) is 4. The second kappa shape index (κ2) is 6.08. The van der Waals surface area contributed by atoms with Gasteiger partial charge in [0.15, 0.2) is 0 Å². The van der Waals surface area contributed by atoms with Crippen LogP contribution in [0.3, 0.4) is 0 Å². The highest BCUT2D eigenvalue weighted by atomic mass is 19.4. The number of fused-ring (bicyclic) bond motifs is 1. The lowest BCUT2D eigenvalue weighted by Crippen LogP contribution is -2.62. The van der Waals surface area contributed by atoms with Gasteiger partial charge in [-0.15, -0.1) is 0 Å². The molecule has 0 aliphatic carbocycles. The van der Waals surface area contributed by atoms with Crippen LogP contribution in [0.5, 0.6) is 0 Å². The highest BCUT2D eigenvalue weighted by Gasteiger charge is 2.68. The smallest absolute Gasteiger partial charge is 0.326 e. The molecule has 148 valence electrons. The lowest BCUT2D eigenvalue weighted by molar-refractivity contribution is -0.196. The number of halogens is 3. The van der Waals surface area contributed by atoms with Gasteiger partial charge >= 0.3 is 11.9 Å². The first-order valence-electron chi connectivity index (χ1n) is 8.00. The molecule has 0 saturated carbocycles. The first-order valence-corrected chi connectivity index (χ1v) is 8.00. The summed E-state index contributed by atoms with van der Waals surface area (Å²) in [6.45, 7) is 1.51. The third-order valence-corrected chi connectivity index (χ3v) is 4.73. The molecule has 0 bridgehead atoms. The van der Waals surface area contributed by atoms with Gasteiger partial charge in [0.1, 0.15) is 11.4 Å². The number of carbonyl (C=O) groups excluding carboxylic acids is 2. The molecular formula is C17H15F3N4O4. The van der Waals surface area contributed by atoms with E-state index in [0.29, 0.717) is 14.7 Å². The molecule has 2 amide bonds. The van der Waals surface area contributed by atoms with E-state index in [1.165, 1.54) is 25.1 Å². The van der Waals surface area contributed by atoms with E-state index in [-0.39, 0.29) is 5.56 Å². The van der Waals surface area contributed by atoms with Crippen LogP contribution >= 0.6 is 0 Å². The van der Waals surface area contributed by atoms with Gasteiger partial charge in [-0.3, -0.25) is 23.5 Å². The monoisotopic (exact) mass is 396 g/mol. The molecule has 1 aliphatic heterocycles. The zero-order valence-electron chi connectivity index (χ0n) is 15.0. The van der Waals surface area contributed by atoms with E-state index in [2.05, 4.69) is 0 Å². The molecule has 28 heavy (non-hydrogen) atoms. The Morgan fingerprint density at radius 2 is 1.71 bits per heavy atom. The van der Waals surface area contributed by atoms with E-state index in [4.69, 9.17) is 0 Å². The van der Waals surface area contributed by atoms with Crippen molar-refractivity contribution < 1.29 is 22.8 Å². The number of hydrogen-bond donors (Lipinski definition) is 2. The first-order chi connectivity index (χ1) is 12.9. The minimum Gasteiger partial charge on any atom is -0.326 e. The van der Waals surface area contributed by atoms with E-state index in [1.807, 2.05) is 5.32 Å². The number of amides is 2. The lowest BCUT2D eigenvalue weighted by Gasteiger charge is -2.30. The highest BCUT2D eigenvalue weighted by Crippen LogP contribution is 2.45. The summed E-state index contributed by atoms with van der Waals surface area (Å²) in [6, 6.07) is 5.85. The van der Waals surface area contributed by atoms with Crippen molar-refractivity contribution in [2.24, 2.45) is 14.1 Å². The Hall–Kier alpha value is -3.37. The number of alkyl halides is 3. The van der Waals surface area contributed by atoms with Gasteiger partial charge in [-0.2, -0.15) is 13.2 Å². The molecule has 2 N–H and O–H groups in total. The molecule has 1 atom stereocenters. The summed E-state index contributed by atoms with van der Waals surface area (Å²) in [5, 5.41) is 3.62. The van der Waals surface area contributed by atoms with Gasteiger partial charge in [-0.05, 0) is 18.6 Å². The molecule has 1 aromatic carbocycles. The second-order valence-corrected chi connectivity index (χ2v) is 6.40. The van der Waals surface area contributed by atoms with E-state index < -0.39 is 46.2 Å². The fourth-order valence-corrected chi connectivity index (χ4v) is 3.17. The SMILES string of the molecule is Cc1ccccc1C(=O)NC1(C(F)(F)F)C(=O)Nc2c1c(=O)n(C)c(=O)n2C. The maximum atomic E-state index is 14.2. The van der Waals surface area contributed by atoms with Crippen molar-refractivity contribution in [3.05, 3.63) is 61.8 Å². The maximum absolute atomic E-state index is 14.2. The summed E-state index contributed by atoms with van der Waals surface area (Å²) >= 11 is 0. The average molecular weight is 396 g/mol. The van der Waals surface area contributed by atoms with Crippen LogP contribution in [0.15, 0.2) is 33.9 Å². The Morgan fingerprint density at radius 3 is 2.29 bits per heavy atom. The molecule has 0 spiro atoms. The van der Waals surface area contributed by atoms with Crippen molar-refractivity contribution in [2.45, 2.75) is 18.6 Å². The van der Waals surface area contributed by atoms with E-state index in [1.54, 1.807) is 11.4 Å². The Labute approximate surface area is 155 Å². The van der Waals surface area contributed by atoms with Crippen LogP contribution in [-0.4, -0.2) is 27.1 Å². The fraction of sp³-hybridized carbons (Fsp3) is 0.294. The predicted molar refractivity (Wildman–Crippen MR) is 91.9 cm³/mol. The van der Waals surface area contributed by atoms with Crippen molar-refractivity contribution in [2.75, 3.05) is 5.32 Å². The molecule has 11 heteroatoms. The van der Waals surface area contributed by atoms with Crippen molar-refractivity contribution in [1.29, 1.82) is 0 Å². The summed E-state index contributed by atoms with van der Waals surface area (Å²) in [5.41, 5.74) is -6.66. The number of aromatic nitrogens is 2. The lowest BCUT2D eigenvalue weighted by atomic mass is 9.91. The quantitative estimate of drug-likeness (QED) is 0.773. The van der Waals surface area contributed by atoms with Gasteiger partial charge in [-0.1, -0.05) is 18.2 Å². The molecule has 8 nitrogen and oxygen atoms in total. The molecule has 0 fully saturated rings. The third kappa shape index (κ3) is 2.46. The van der Waals surface area contributed by atoms with Crippen molar-refractivity contribution in [1.82, 2.24) is 14.5 Å². The Balaban J connectivity index is 2.31. The molecule has 0 radical (unpaired) electrons. The average Bonchev–Trinajstić information content (AvgIpc) is 2.92. The molecule has 3 rings (SSSR count). The van der Waals surface area contributed by atoms with Gasteiger partial charge in [0.25, 0.3) is 22.9 Å². The summed E-state index contributed by atoms with van der Waals surface area (Å²) in [5.74, 6) is -3.47. The minimum absolute atomic E-state index is 0.0889. The Kier molecular flexibility index (Phi) is 4.21. The Morgan fingerprint density at radius 1 is 1.11 bits per heavy atom. The standard InChI is InChI=1S/C17H15F3N4O4/c1-8-6-4-5-7-9(8)12(25)22-16(17(18,19)20)10-11(21-14(16)27)23(2)15(28)24(3)13(10)26/h4-7H,1-3H3,(H,21,27)(H,22,25). The second-order valence-electron chi connectivity index (χ2n) is 6.40. The minimum atomic E-state index is -5.36. The van der Waals surface area contributed by atoms with Crippen LogP contribution in [0.25, 0.3) is 0 Å². The normalized spacial score (nSPS) is 18.6. The Bertz CT molecular complexity index is 1130. The van der Waals surface area contributed by atoms with Crippen LogP contribution in [0, 0.1) is 6.92 Å². The first kappa shape index (κ1) is 19.4. The molecule has 1 aliphatic rings. The van der Waals surface area contributed by atoms with Crippen LogP contribution < -0.4 is 21.9 Å². The molecular weight excluding hydrogens is 381 g/mol. The van der Waals surface area contributed by atoms with Crippen molar-refractivity contribution in [3.63, 3.8) is 0 Å². The number of benzene rings is 1. The number of aryl methyl sites for hydroxylation is 1. The van der Waals surface area contributed by atoms with Crippen molar-refractivity contribution >= 4 is 17.6 Å². The summed E-state index contributed by atoms with van der Waals surface area (Å²) in [6.07, 6.45) is -5.36. The molecule has 2 aromatic rings. The number of rotatable bonds is 2.